The van der Waals surface area contributed by atoms with Crippen LogP contribution in [-0.4, -0.2) is 37.0 Å². The van der Waals surface area contributed by atoms with Crippen molar-refractivity contribution in [2.24, 2.45) is 11.7 Å². The Hall–Kier alpha value is 0.210. The van der Waals surface area contributed by atoms with Crippen molar-refractivity contribution in [1.82, 2.24) is 4.90 Å². The van der Waals surface area contributed by atoms with Crippen LogP contribution in [-0.2, 0) is 0 Å². The SMILES string of the molecule is CN1CCCC(C(N)CCCl)C1. The zero-order valence-electron chi connectivity index (χ0n) is 7.80. The van der Waals surface area contributed by atoms with Crippen molar-refractivity contribution < 1.29 is 0 Å². The molecule has 2 N–H and O–H groups in total. The quantitative estimate of drug-likeness (QED) is 0.680. The Morgan fingerprint density at radius 2 is 2.42 bits per heavy atom. The summed E-state index contributed by atoms with van der Waals surface area (Å²) in [5, 5.41) is 0. The van der Waals surface area contributed by atoms with Crippen LogP contribution in [0.25, 0.3) is 0 Å². The van der Waals surface area contributed by atoms with Crippen LogP contribution >= 0.6 is 11.6 Å². The molecule has 2 unspecified atom stereocenters. The van der Waals surface area contributed by atoms with Crippen molar-refractivity contribution in [2.45, 2.75) is 25.3 Å². The van der Waals surface area contributed by atoms with E-state index in [2.05, 4.69) is 11.9 Å². The molecule has 1 rings (SSSR count). The Bertz CT molecular complexity index is 130. The van der Waals surface area contributed by atoms with Gasteiger partial charge in [-0.15, -0.1) is 11.6 Å². The summed E-state index contributed by atoms with van der Waals surface area (Å²) in [6.45, 7) is 2.38. The first-order valence-corrected chi connectivity index (χ1v) is 5.27. The number of nitrogens with two attached hydrogens (primary N) is 1. The minimum atomic E-state index is 0.310. The van der Waals surface area contributed by atoms with Crippen LogP contribution in [0.1, 0.15) is 19.3 Å². The van der Waals surface area contributed by atoms with Crippen molar-refractivity contribution in [3.63, 3.8) is 0 Å². The first-order chi connectivity index (χ1) is 5.74. The lowest BCUT2D eigenvalue weighted by molar-refractivity contribution is 0.186. The van der Waals surface area contributed by atoms with E-state index < -0.39 is 0 Å². The van der Waals surface area contributed by atoms with Gasteiger partial charge in [0, 0.05) is 18.5 Å². The van der Waals surface area contributed by atoms with Gasteiger partial charge in [-0.3, -0.25) is 0 Å². The number of likely N-dealkylation sites (tertiary alicyclic amines) is 1. The van der Waals surface area contributed by atoms with Crippen molar-refractivity contribution in [2.75, 3.05) is 26.0 Å². The summed E-state index contributed by atoms with van der Waals surface area (Å²) < 4.78 is 0. The Labute approximate surface area is 80.1 Å². The first kappa shape index (κ1) is 10.3. The zero-order chi connectivity index (χ0) is 8.97. The van der Waals surface area contributed by atoms with Gasteiger partial charge in [0.25, 0.3) is 0 Å². The van der Waals surface area contributed by atoms with Gasteiger partial charge in [0.05, 0.1) is 0 Å². The van der Waals surface area contributed by atoms with Gasteiger partial charge < -0.3 is 10.6 Å². The van der Waals surface area contributed by atoms with Gasteiger partial charge in [-0.2, -0.15) is 0 Å². The molecule has 0 aromatic rings. The van der Waals surface area contributed by atoms with Crippen LogP contribution in [0.4, 0.5) is 0 Å². The highest BCUT2D eigenvalue weighted by atomic mass is 35.5. The molecule has 0 aromatic carbocycles. The zero-order valence-corrected chi connectivity index (χ0v) is 8.56. The molecule has 3 heteroatoms. The molecule has 0 saturated carbocycles. The minimum absolute atomic E-state index is 0.310. The van der Waals surface area contributed by atoms with Crippen LogP contribution in [0.15, 0.2) is 0 Å². The second kappa shape index (κ2) is 5.05. The topological polar surface area (TPSA) is 29.3 Å². The van der Waals surface area contributed by atoms with E-state index in [1.54, 1.807) is 0 Å². The standard InChI is InChI=1S/C9H19ClN2/c1-12-6-2-3-8(7-12)9(11)4-5-10/h8-9H,2-7,11H2,1H3. The summed E-state index contributed by atoms with van der Waals surface area (Å²) in [5.41, 5.74) is 6.01. The summed E-state index contributed by atoms with van der Waals surface area (Å²) in [4.78, 5) is 2.36. The molecule has 2 nitrogen and oxygen atoms in total. The van der Waals surface area contributed by atoms with Crippen LogP contribution in [0.5, 0.6) is 0 Å². The molecule has 1 aliphatic heterocycles. The van der Waals surface area contributed by atoms with E-state index in [4.69, 9.17) is 17.3 Å². The fourth-order valence-electron chi connectivity index (χ4n) is 1.92. The molecule has 1 fully saturated rings. The molecule has 1 saturated heterocycles. The van der Waals surface area contributed by atoms with Crippen molar-refractivity contribution >= 4 is 11.6 Å². The van der Waals surface area contributed by atoms with Crippen LogP contribution in [0.3, 0.4) is 0 Å². The molecule has 0 bridgehead atoms. The molecule has 72 valence electrons. The van der Waals surface area contributed by atoms with Gasteiger partial charge in [-0.1, -0.05) is 0 Å². The fraction of sp³-hybridized carbons (Fsp3) is 1.00. The van der Waals surface area contributed by atoms with Gasteiger partial charge in [-0.05, 0) is 38.8 Å². The first-order valence-electron chi connectivity index (χ1n) is 4.74. The number of rotatable bonds is 3. The van der Waals surface area contributed by atoms with E-state index in [0.29, 0.717) is 17.8 Å². The number of alkyl halides is 1. The molecule has 0 amide bonds. The van der Waals surface area contributed by atoms with E-state index >= 15 is 0 Å². The average molecular weight is 191 g/mol. The van der Waals surface area contributed by atoms with Gasteiger partial charge in [0.15, 0.2) is 0 Å². The Morgan fingerprint density at radius 3 is 3.00 bits per heavy atom. The maximum atomic E-state index is 6.01. The van der Waals surface area contributed by atoms with E-state index in [1.165, 1.54) is 19.4 Å². The molecular weight excluding hydrogens is 172 g/mol. The molecule has 12 heavy (non-hydrogen) atoms. The van der Waals surface area contributed by atoms with Crippen molar-refractivity contribution in [3.8, 4) is 0 Å². The number of piperidine rings is 1. The van der Waals surface area contributed by atoms with E-state index in [-0.39, 0.29) is 0 Å². The van der Waals surface area contributed by atoms with E-state index in [9.17, 15) is 0 Å². The molecule has 0 aliphatic carbocycles. The maximum absolute atomic E-state index is 6.01. The number of hydrogen-bond donors (Lipinski definition) is 1. The summed E-state index contributed by atoms with van der Waals surface area (Å²) in [6, 6.07) is 0.310. The summed E-state index contributed by atoms with van der Waals surface area (Å²) in [5.74, 6) is 1.36. The smallest absolute Gasteiger partial charge is 0.0238 e. The van der Waals surface area contributed by atoms with Crippen molar-refractivity contribution in [1.29, 1.82) is 0 Å². The predicted octanol–water partition coefficient (Wildman–Crippen LogP) is 1.28. The average Bonchev–Trinajstić information content (AvgIpc) is 2.05. The number of hydrogen-bond acceptors (Lipinski definition) is 2. The third kappa shape index (κ3) is 2.92. The molecule has 1 aliphatic rings. The number of nitrogens with zero attached hydrogens (tertiary/aromatic N) is 1. The minimum Gasteiger partial charge on any atom is -0.327 e. The number of halogens is 1. The monoisotopic (exact) mass is 190 g/mol. The van der Waals surface area contributed by atoms with Gasteiger partial charge in [0.1, 0.15) is 0 Å². The molecule has 1 heterocycles. The van der Waals surface area contributed by atoms with Gasteiger partial charge in [-0.25, -0.2) is 0 Å². The van der Waals surface area contributed by atoms with Gasteiger partial charge >= 0.3 is 0 Å². The van der Waals surface area contributed by atoms with Crippen LogP contribution in [0, 0.1) is 5.92 Å². The second-order valence-corrected chi connectivity index (χ2v) is 4.18. The highest BCUT2D eigenvalue weighted by Gasteiger charge is 2.22. The third-order valence-electron chi connectivity index (χ3n) is 2.71. The van der Waals surface area contributed by atoms with Crippen LogP contribution in [0.2, 0.25) is 0 Å². The highest BCUT2D eigenvalue weighted by Crippen LogP contribution is 2.19. The lowest BCUT2D eigenvalue weighted by Crippen LogP contribution is -2.42. The molecule has 2 atom stereocenters. The summed E-state index contributed by atoms with van der Waals surface area (Å²) in [6.07, 6.45) is 3.53. The summed E-state index contributed by atoms with van der Waals surface area (Å²) >= 11 is 5.66. The largest absolute Gasteiger partial charge is 0.327 e. The Balaban J connectivity index is 2.29. The maximum Gasteiger partial charge on any atom is 0.0238 e. The van der Waals surface area contributed by atoms with E-state index in [1.807, 2.05) is 0 Å². The molecular formula is C9H19ClN2. The normalized spacial score (nSPS) is 28.8. The molecule has 0 radical (unpaired) electrons. The van der Waals surface area contributed by atoms with Crippen LogP contribution < -0.4 is 5.73 Å². The van der Waals surface area contributed by atoms with E-state index in [0.717, 1.165) is 13.0 Å². The molecule has 0 spiro atoms. The Kier molecular flexibility index (Phi) is 4.33. The highest BCUT2D eigenvalue weighted by molar-refractivity contribution is 6.17. The molecule has 0 aromatic heterocycles. The lowest BCUT2D eigenvalue weighted by atomic mass is 9.90. The van der Waals surface area contributed by atoms with Gasteiger partial charge in [0.2, 0.25) is 0 Å². The summed E-state index contributed by atoms with van der Waals surface area (Å²) in [7, 11) is 2.17. The predicted molar refractivity (Wildman–Crippen MR) is 53.5 cm³/mol. The van der Waals surface area contributed by atoms with Crippen molar-refractivity contribution in [3.05, 3.63) is 0 Å². The third-order valence-corrected chi connectivity index (χ3v) is 2.93. The second-order valence-electron chi connectivity index (χ2n) is 3.81. The fourth-order valence-corrected chi connectivity index (χ4v) is 2.17. The lowest BCUT2D eigenvalue weighted by Gasteiger charge is -2.33. The Morgan fingerprint density at radius 1 is 1.67 bits per heavy atom.